The van der Waals surface area contributed by atoms with Crippen LogP contribution in [0, 0.1) is 0 Å². The molecule has 0 aliphatic carbocycles. The number of nitrogens with one attached hydrogen (secondary N) is 1. The van der Waals surface area contributed by atoms with E-state index in [1.165, 1.54) is 17.4 Å². The van der Waals surface area contributed by atoms with Crippen LogP contribution in [-0.4, -0.2) is 21.0 Å². The molecule has 66 valence electrons. The van der Waals surface area contributed by atoms with Crippen molar-refractivity contribution < 1.29 is 13.2 Å². The van der Waals surface area contributed by atoms with Crippen LogP contribution in [0.15, 0.2) is 11.4 Å². The lowest BCUT2D eigenvalue weighted by Gasteiger charge is -1.97. The van der Waals surface area contributed by atoms with Crippen LogP contribution in [0.25, 0.3) is 0 Å². The molecule has 0 aliphatic heterocycles. The zero-order valence-corrected chi connectivity index (χ0v) is 7.91. The first kappa shape index (κ1) is 9.21. The summed E-state index contributed by atoms with van der Waals surface area (Å²) in [6, 6.07) is 1.48. The minimum Gasteiger partial charge on any atom is -0.297 e. The van der Waals surface area contributed by atoms with Crippen LogP contribution in [0.1, 0.15) is 9.67 Å². The van der Waals surface area contributed by atoms with Gasteiger partial charge in [0.1, 0.15) is 0 Å². The standard InChI is InChI=1S/C6H7NO3S2/c1-12(9,10)7-5-2-6(3-8)11-4-5/h2-4,7H,1H3. The van der Waals surface area contributed by atoms with Crippen LogP contribution in [0.5, 0.6) is 0 Å². The van der Waals surface area contributed by atoms with Crippen LogP contribution >= 0.6 is 11.3 Å². The van der Waals surface area contributed by atoms with Gasteiger partial charge in [-0.05, 0) is 6.07 Å². The molecule has 0 atom stereocenters. The van der Waals surface area contributed by atoms with E-state index in [-0.39, 0.29) is 0 Å². The third-order valence-corrected chi connectivity index (χ3v) is 2.50. The third kappa shape index (κ3) is 2.63. The smallest absolute Gasteiger partial charge is 0.229 e. The van der Waals surface area contributed by atoms with Gasteiger partial charge < -0.3 is 0 Å². The highest BCUT2D eigenvalue weighted by molar-refractivity contribution is 7.92. The zero-order chi connectivity index (χ0) is 9.19. The van der Waals surface area contributed by atoms with Crippen LogP contribution in [0.2, 0.25) is 0 Å². The van der Waals surface area contributed by atoms with Crippen molar-refractivity contribution in [2.45, 2.75) is 0 Å². The van der Waals surface area contributed by atoms with Crippen molar-refractivity contribution in [3.05, 3.63) is 16.3 Å². The van der Waals surface area contributed by atoms with Gasteiger partial charge in [0.2, 0.25) is 10.0 Å². The summed E-state index contributed by atoms with van der Waals surface area (Å²) < 4.78 is 23.7. The topological polar surface area (TPSA) is 63.2 Å². The molecule has 1 aromatic rings. The summed E-state index contributed by atoms with van der Waals surface area (Å²) in [5.41, 5.74) is 0.435. The Morgan fingerprint density at radius 2 is 2.25 bits per heavy atom. The molecule has 0 fully saturated rings. The number of thiophene rings is 1. The number of hydrogen-bond acceptors (Lipinski definition) is 4. The van der Waals surface area contributed by atoms with E-state index in [1.807, 2.05) is 0 Å². The first-order valence-corrected chi connectivity index (χ1v) is 5.80. The molecule has 0 unspecified atom stereocenters. The average molecular weight is 205 g/mol. The number of anilines is 1. The summed E-state index contributed by atoms with van der Waals surface area (Å²) >= 11 is 1.20. The van der Waals surface area contributed by atoms with Crippen LogP contribution in [0.3, 0.4) is 0 Å². The Kier molecular flexibility index (Phi) is 2.49. The summed E-state index contributed by atoms with van der Waals surface area (Å²) in [6.07, 6.45) is 1.74. The number of carbonyl (C=O) groups excluding carboxylic acids is 1. The van der Waals surface area contributed by atoms with Crippen molar-refractivity contribution >= 4 is 33.3 Å². The molecule has 0 bridgehead atoms. The Morgan fingerprint density at radius 1 is 1.58 bits per heavy atom. The Bertz CT molecular complexity index is 379. The molecule has 1 heterocycles. The van der Waals surface area contributed by atoms with E-state index < -0.39 is 10.0 Å². The Morgan fingerprint density at radius 3 is 2.67 bits per heavy atom. The molecule has 0 saturated heterocycles. The third-order valence-electron chi connectivity index (χ3n) is 1.04. The van der Waals surface area contributed by atoms with Gasteiger partial charge in [-0.3, -0.25) is 9.52 Å². The number of hydrogen-bond donors (Lipinski definition) is 1. The van der Waals surface area contributed by atoms with E-state index in [4.69, 9.17) is 0 Å². The molecule has 1 N–H and O–H groups in total. The fourth-order valence-corrected chi connectivity index (χ4v) is 1.94. The van der Waals surface area contributed by atoms with Gasteiger partial charge in [0.05, 0.1) is 16.8 Å². The van der Waals surface area contributed by atoms with Gasteiger partial charge >= 0.3 is 0 Å². The Balaban J connectivity index is 2.84. The van der Waals surface area contributed by atoms with Crippen molar-refractivity contribution in [2.24, 2.45) is 0 Å². The summed E-state index contributed by atoms with van der Waals surface area (Å²) in [5, 5.41) is 1.57. The van der Waals surface area contributed by atoms with Crippen LogP contribution in [0.4, 0.5) is 5.69 Å². The minimum atomic E-state index is -3.23. The second-order valence-corrected chi connectivity index (χ2v) is 4.92. The lowest BCUT2D eigenvalue weighted by molar-refractivity contribution is 0.112. The summed E-state index contributed by atoms with van der Waals surface area (Å²) in [4.78, 5) is 10.7. The maximum absolute atomic E-state index is 10.7. The summed E-state index contributed by atoms with van der Waals surface area (Å²) in [6.45, 7) is 0. The molecule has 1 aromatic heterocycles. The molecule has 12 heavy (non-hydrogen) atoms. The van der Waals surface area contributed by atoms with Crippen molar-refractivity contribution in [3.8, 4) is 0 Å². The molecule has 0 saturated carbocycles. The van der Waals surface area contributed by atoms with Gasteiger partial charge in [-0.25, -0.2) is 8.42 Å². The van der Waals surface area contributed by atoms with E-state index >= 15 is 0 Å². The maximum Gasteiger partial charge on any atom is 0.229 e. The van der Waals surface area contributed by atoms with Crippen molar-refractivity contribution in [1.82, 2.24) is 0 Å². The first-order chi connectivity index (χ1) is 5.51. The quantitative estimate of drug-likeness (QED) is 0.747. The van der Waals surface area contributed by atoms with Gasteiger partial charge in [0.25, 0.3) is 0 Å². The Labute approximate surface area is 74.3 Å². The average Bonchev–Trinajstić information content (AvgIpc) is 2.32. The summed E-state index contributed by atoms with van der Waals surface area (Å²) in [5.74, 6) is 0. The highest BCUT2D eigenvalue weighted by Gasteiger charge is 2.03. The van der Waals surface area contributed by atoms with E-state index in [0.717, 1.165) is 6.26 Å². The van der Waals surface area contributed by atoms with Gasteiger partial charge in [0.15, 0.2) is 6.29 Å². The van der Waals surface area contributed by atoms with E-state index in [1.54, 1.807) is 5.38 Å². The number of carbonyl (C=O) groups is 1. The molecule has 0 radical (unpaired) electrons. The highest BCUT2D eigenvalue weighted by Crippen LogP contribution is 2.17. The molecule has 0 amide bonds. The highest BCUT2D eigenvalue weighted by atomic mass is 32.2. The second kappa shape index (κ2) is 3.24. The molecule has 1 rings (SSSR count). The fourth-order valence-electron chi connectivity index (χ4n) is 0.682. The zero-order valence-electron chi connectivity index (χ0n) is 6.27. The molecule has 0 aliphatic rings. The first-order valence-electron chi connectivity index (χ1n) is 3.03. The summed E-state index contributed by atoms with van der Waals surface area (Å²) in [7, 11) is -3.23. The van der Waals surface area contributed by atoms with Gasteiger partial charge in [0, 0.05) is 5.38 Å². The van der Waals surface area contributed by atoms with Gasteiger partial charge in [-0.2, -0.15) is 0 Å². The number of aldehydes is 1. The van der Waals surface area contributed by atoms with E-state index in [9.17, 15) is 13.2 Å². The van der Waals surface area contributed by atoms with Crippen molar-refractivity contribution in [2.75, 3.05) is 11.0 Å². The largest absolute Gasteiger partial charge is 0.297 e. The monoisotopic (exact) mass is 205 g/mol. The lowest BCUT2D eigenvalue weighted by Crippen LogP contribution is -2.08. The Hall–Kier alpha value is -0.880. The van der Waals surface area contributed by atoms with Gasteiger partial charge in [-0.15, -0.1) is 11.3 Å². The number of rotatable bonds is 3. The van der Waals surface area contributed by atoms with E-state index in [0.29, 0.717) is 16.9 Å². The predicted molar refractivity (Wildman–Crippen MR) is 48.2 cm³/mol. The molecule has 0 aromatic carbocycles. The molecule has 4 nitrogen and oxygen atoms in total. The SMILES string of the molecule is CS(=O)(=O)Nc1csc(C=O)c1. The second-order valence-electron chi connectivity index (χ2n) is 2.23. The normalized spacial score (nSPS) is 11.1. The maximum atomic E-state index is 10.7. The fraction of sp³-hybridized carbons (Fsp3) is 0.167. The van der Waals surface area contributed by atoms with Crippen LogP contribution in [-0.2, 0) is 10.0 Å². The molecule has 0 spiro atoms. The van der Waals surface area contributed by atoms with Crippen molar-refractivity contribution in [1.29, 1.82) is 0 Å². The predicted octanol–water partition coefficient (Wildman–Crippen LogP) is 0.932. The molecule has 6 heteroatoms. The lowest BCUT2D eigenvalue weighted by atomic mass is 10.5. The minimum absolute atomic E-state index is 0.435. The molecular formula is C6H7NO3S2. The van der Waals surface area contributed by atoms with Crippen LogP contribution < -0.4 is 4.72 Å². The number of sulfonamides is 1. The van der Waals surface area contributed by atoms with E-state index in [2.05, 4.69) is 4.72 Å². The van der Waals surface area contributed by atoms with Gasteiger partial charge in [-0.1, -0.05) is 0 Å². The molecular weight excluding hydrogens is 198 g/mol. The van der Waals surface area contributed by atoms with Crippen molar-refractivity contribution in [3.63, 3.8) is 0 Å².